The lowest BCUT2D eigenvalue weighted by atomic mass is 10.0. The number of esters is 4. The summed E-state index contributed by atoms with van der Waals surface area (Å²) in [6.07, 6.45) is 63.1. The SMILES string of the molecule is CCCCCC/C=C\C=C/CCCCCCCC(=O)OC[C@H](COP(=O)(O)OC[C@@H](O)COP(=O)(O)OC[C@@H](COC(=O)CCCCCCCCCCCCCCC)OC(=O)CCCCCCCCCCCCCC(C)C)OC(=O)CCCCCCCCCCCCCCCCC(C)C. The van der Waals surface area contributed by atoms with E-state index in [9.17, 15) is 43.2 Å². The molecule has 17 nitrogen and oxygen atoms in total. The number of hydrogen-bond acceptors (Lipinski definition) is 15. The first-order valence-electron chi connectivity index (χ1n) is 40.8. The predicted octanol–water partition coefficient (Wildman–Crippen LogP) is 23.4. The number of phosphoric acid groups is 2. The second-order valence-corrected chi connectivity index (χ2v) is 32.0. The van der Waals surface area contributed by atoms with Crippen LogP contribution in [-0.2, 0) is 65.4 Å². The molecule has 0 radical (unpaired) electrons. The van der Waals surface area contributed by atoms with Crippen molar-refractivity contribution < 1.29 is 80.2 Å². The van der Waals surface area contributed by atoms with Crippen LogP contribution in [-0.4, -0.2) is 96.7 Å². The van der Waals surface area contributed by atoms with Gasteiger partial charge in [-0.1, -0.05) is 342 Å². The van der Waals surface area contributed by atoms with Crippen molar-refractivity contribution in [1.29, 1.82) is 0 Å². The van der Waals surface area contributed by atoms with E-state index in [1.54, 1.807) is 0 Å². The Morgan fingerprint density at radius 2 is 0.545 bits per heavy atom. The summed E-state index contributed by atoms with van der Waals surface area (Å²) in [7, 11) is -9.93. The molecule has 5 atom stereocenters. The molecule has 0 amide bonds. The molecule has 0 aliphatic heterocycles. The smallest absolute Gasteiger partial charge is 0.462 e. The zero-order valence-electron chi connectivity index (χ0n) is 64.3. The summed E-state index contributed by atoms with van der Waals surface area (Å²) >= 11 is 0. The first-order valence-corrected chi connectivity index (χ1v) is 43.8. The summed E-state index contributed by atoms with van der Waals surface area (Å²) in [5, 5.41) is 10.6. The minimum Gasteiger partial charge on any atom is -0.462 e. The molecule has 0 aromatic carbocycles. The van der Waals surface area contributed by atoms with Crippen molar-refractivity contribution in [1.82, 2.24) is 0 Å². The van der Waals surface area contributed by atoms with Crippen molar-refractivity contribution in [3.05, 3.63) is 24.3 Å². The number of rotatable bonds is 77. The van der Waals surface area contributed by atoms with Gasteiger partial charge in [-0.25, -0.2) is 9.13 Å². The van der Waals surface area contributed by atoms with Crippen molar-refractivity contribution in [3.63, 3.8) is 0 Å². The van der Waals surface area contributed by atoms with Crippen LogP contribution in [0.4, 0.5) is 0 Å². The largest absolute Gasteiger partial charge is 0.472 e. The molecule has 0 aromatic rings. The highest BCUT2D eigenvalue weighted by molar-refractivity contribution is 7.47. The number of allylic oxidation sites excluding steroid dienone is 4. The molecule has 584 valence electrons. The second-order valence-electron chi connectivity index (χ2n) is 29.1. The third-order valence-corrected chi connectivity index (χ3v) is 20.0. The summed E-state index contributed by atoms with van der Waals surface area (Å²) in [6.45, 7) is 9.59. The number of unbranched alkanes of at least 4 members (excludes halogenated alkanes) is 44. The van der Waals surface area contributed by atoms with Crippen LogP contribution in [0.25, 0.3) is 0 Å². The van der Waals surface area contributed by atoms with Gasteiger partial charge in [0.25, 0.3) is 0 Å². The van der Waals surface area contributed by atoms with Crippen molar-refractivity contribution in [2.24, 2.45) is 11.8 Å². The van der Waals surface area contributed by atoms with E-state index >= 15 is 0 Å². The van der Waals surface area contributed by atoms with Gasteiger partial charge in [-0.3, -0.25) is 37.3 Å². The van der Waals surface area contributed by atoms with Gasteiger partial charge in [-0.15, -0.1) is 0 Å². The Morgan fingerprint density at radius 1 is 0.313 bits per heavy atom. The molecule has 0 saturated carbocycles. The van der Waals surface area contributed by atoms with E-state index in [4.69, 9.17) is 37.0 Å². The zero-order valence-corrected chi connectivity index (χ0v) is 66.1. The third-order valence-electron chi connectivity index (χ3n) is 18.1. The number of carbonyl (C=O) groups is 4. The molecule has 0 aromatic heterocycles. The van der Waals surface area contributed by atoms with Crippen molar-refractivity contribution in [3.8, 4) is 0 Å². The number of aliphatic hydroxyl groups is 1. The highest BCUT2D eigenvalue weighted by Gasteiger charge is 2.30. The standard InChI is InChI=1S/C80H152O17P2/c1-7-9-11-13-15-17-19-21-22-27-33-39-45-51-57-63-78(83)91-68-75(96-79(84)64-58-52-46-40-34-28-24-23-26-30-36-42-48-54-60-72(3)4)70-94-98(86,87)92-66-74(81)67-93-99(88,89)95-71-76(69-90-77(82)62-56-50-44-38-32-25-20-18-16-14-12-10-8-2)97-80(85)65-59-53-47-41-35-29-31-37-43-49-55-61-73(5)6/h17,19,21-22,72-76,81H,7-16,18,20,23-71H2,1-6H3,(H,86,87)(H,88,89)/b19-17-,22-21-/t74-,75-,76-/m1/s1. The minimum absolute atomic E-state index is 0.101. The van der Waals surface area contributed by atoms with Crippen molar-refractivity contribution in [2.45, 2.75) is 413 Å². The monoisotopic (exact) mass is 1450 g/mol. The van der Waals surface area contributed by atoms with E-state index in [-0.39, 0.29) is 25.7 Å². The van der Waals surface area contributed by atoms with Crippen LogP contribution < -0.4 is 0 Å². The summed E-state index contributed by atoms with van der Waals surface area (Å²) in [5.74, 6) is -0.582. The molecule has 3 N–H and O–H groups in total. The van der Waals surface area contributed by atoms with Crippen LogP contribution in [0.3, 0.4) is 0 Å². The molecule has 0 bridgehead atoms. The quantitative estimate of drug-likeness (QED) is 0.0169. The molecule has 0 heterocycles. The normalized spacial score (nSPS) is 14.1. The van der Waals surface area contributed by atoms with E-state index in [0.29, 0.717) is 25.7 Å². The van der Waals surface area contributed by atoms with Gasteiger partial charge in [-0.05, 0) is 63.2 Å². The summed E-state index contributed by atoms with van der Waals surface area (Å²) < 4.78 is 68.7. The first kappa shape index (κ1) is 96.5. The predicted molar refractivity (Wildman–Crippen MR) is 404 cm³/mol. The molecular formula is C80H152O17P2. The number of carbonyl (C=O) groups excluding carboxylic acids is 4. The van der Waals surface area contributed by atoms with Crippen LogP contribution in [0, 0.1) is 11.8 Å². The number of hydrogen-bond donors (Lipinski definition) is 3. The first-order chi connectivity index (χ1) is 47.9. The minimum atomic E-state index is -4.97. The summed E-state index contributed by atoms with van der Waals surface area (Å²) in [5.41, 5.74) is 0. The zero-order chi connectivity index (χ0) is 72.8. The lowest BCUT2D eigenvalue weighted by Gasteiger charge is -2.21. The Morgan fingerprint density at radius 3 is 0.828 bits per heavy atom. The molecule has 0 saturated heterocycles. The molecule has 0 aliphatic carbocycles. The average Bonchev–Trinajstić information content (AvgIpc) is 1.01. The van der Waals surface area contributed by atoms with Gasteiger partial charge in [-0.2, -0.15) is 0 Å². The molecular weight excluding hydrogens is 1290 g/mol. The highest BCUT2D eigenvalue weighted by atomic mass is 31.2. The van der Waals surface area contributed by atoms with Crippen molar-refractivity contribution >= 4 is 39.5 Å². The van der Waals surface area contributed by atoms with Gasteiger partial charge in [0.1, 0.15) is 19.3 Å². The average molecular weight is 1450 g/mol. The van der Waals surface area contributed by atoms with Crippen LogP contribution in [0.5, 0.6) is 0 Å². The van der Waals surface area contributed by atoms with Gasteiger partial charge in [0.15, 0.2) is 12.2 Å². The summed E-state index contributed by atoms with van der Waals surface area (Å²) in [4.78, 5) is 73.0. The van der Waals surface area contributed by atoms with E-state index < -0.39 is 97.5 Å². The molecule has 19 heteroatoms. The maximum absolute atomic E-state index is 13.1. The fourth-order valence-electron chi connectivity index (χ4n) is 11.8. The van der Waals surface area contributed by atoms with Gasteiger partial charge in [0, 0.05) is 25.7 Å². The molecule has 0 fully saturated rings. The van der Waals surface area contributed by atoms with Crippen LogP contribution in [0.2, 0.25) is 0 Å². The van der Waals surface area contributed by atoms with Crippen LogP contribution >= 0.6 is 15.6 Å². The Labute approximate surface area is 605 Å². The fraction of sp³-hybridized carbons (Fsp3) is 0.900. The molecule has 0 spiro atoms. The second kappa shape index (κ2) is 71.2. The van der Waals surface area contributed by atoms with Gasteiger partial charge in [0.2, 0.25) is 0 Å². The van der Waals surface area contributed by atoms with Gasteiger partial charge < -0.3 is 33.8 Å². The fourth-order valence-corrected chi connectivity index (χ4v) is 13.4. The van der Waals surface area contributed by atoms with Gasteiger partial charge >= 0.3 is 39.5 Å². The van der Waals surface area contributed by atoms with Gasteiger partial charge in [0.05, 0.1) is 26.4 Å². The number of aliphatic hydroxyl groups excluding tert-OH is 1. The summed E-state index contributed by atoms with van der Waals surface area (Å²) in [6, 6.07) is 0. The molecule has 0 rings (SSSR count). The van der Waals surface area contributed by atoms with Crippen LogP contribution in [0.1, 0.15) is 395 Å². The number of phosphoric ester groups is 2. The number of ether oxygens (including phenoxy) is 4. The van der Waals surface area contributed by atoms with E-state index in [2.05, 4.69) is 65.8 Å². The Balaban J connectivity index is 5.30. The lowest BCUT2D eigenvalue weighted by Crippen LogP contribution is -2.30. The highest BCUT2D eigenvalue weighted by Crippen LogP contribution is 2.45. The van der Waals surface area contributed by atoms with E-state index in [0.717, 1.165) is 121 Å². The lowest BCUT2D eigenvalue weighted by molar-refractivity contribution is -0.161. The maximum atomic E-state index is 13.1. The van der Waals surface area contributed by atoms with Crippen molar-refractivity contribution in [2.75, 3.05) is 39.6 Å². The Kier molecular flexibility index (Phi) is 69.4. The Hall–Kier alpha value is -2.46. The van der Waals surface area contributed by atoms with E-state index in [1.807, 2.05) is 0 Å². The molecule has 0 aliphatic rings. The molecule has 2 unspecified atom stereocenters. The Bertz CT molecular complexity index is 2000. The van der Waals surface area contributed by atoms with E-state index in [1.165, 1.54) is 193 Å². The third kappa shape index (κ3) is 73.6. The topological polar surface area (TPSA) is 237 Å². The molecule has 99 heavy (non-hydrogen) atoms. The maximum Gasteiger partial charge on any atom is 0.472 e. The van der Waals surface area contributed by atoms with Crippen LogP contribution in [0.15, 0.2) is 24.3 Å².